The fraction of sp³-hybridized carbons (Fsp3) is 0.375. The zero-order valence-electron chi connectivity index (χ0n) is 11.7. The molecular formula is C16H17BrN4. The fourth-order valence-electron chi connectivity index (χ4n) is 3.16. The minimum atomic E-state index is 0.326. The first-order valence-electron chi connectivity index (χ1n) is 7.36. The Kier molecular flexibility index (Phi) is 3.19. The van der Waals surface area contributed by atoms with Gasteiger partial charge in [0.2, 0.25) is 5.95 Å². The fourth-order valence-corrected chi connectivity index (χ4v) is 3.67. The van der Waals surface area contributed by atoms with Crippen molar-refractivity contribution in [2.24, 2.45) is 5.73 Å². The van der Waals surface area contributed by atoms with Gasteiger partial charge in [-0.05, 0) is 24.5 Å². The number of nitrogens with zero attached hydrogens (tertiary/aromatic N) is 3. The summed E-state index contributed by atoms with van der Waals surface area (Å²) in [5, 5.41) is 0. The average molecular weight is 345 g/mol. The van der Waals surface area contributed by atoms with Gasteiger partial charge in [-0.3, -0.25) is 0 Å². The van der Waals surface area contributed by atoms with E-state index >= 15 is 0 Å². The summed E-state index contributed by atoms with van der Waals surface area (Å²) in [4.78, 5) is 11.7. The lowest BCUT2D eigenvalue weighted by atomic mass is 10.1. The lowest BCUT2D eigenvalue weighted by molar-refractivity contribution is 0.495. The lowest BCUT2D eigenvalue weighted by Crippen LogP contribution is -2.40. The van der Waals surface area contributed by atoms with Gasteiger partial charge in [-0.1, -0.05) is 28.1 Å². The van der Waals surface area contributed by atoms with Crippen LogP contribution in [0.5, 0.6) is 0 Å². The molecule has 4 rings (SSSR count). The van der Waals surface area contributed by atoms with Crippen LogP contribution in [-0.4, -0.2) is 29.1 Å². The maximum absolute atomic E-state index is 5.97. The molecule has 1 aliphatic carbocycles. The van der Waals surface area contributed by atoms with E-state index in [0.29, 0.717) is 6.04 Å². The molecular weight excluding hydrogens is 328 g/mol. The monoisotopic (exact) mass is 344 g/mol. The van der Waals surface area contributed by atoms with E-state index in [1.807, 2.05) is 6.20 Å². The van der Waals surface area contributed by atoms with E-state index in [1.54, 1.807) is 0 Å². The summed E-state index contributed by atoms with van der Waals surface area (Å²) >= 11 is 3.64. The van der Waals surface area contributed by atoms with Gasteiger partial charge in [-0.15, -0.1) is 0 Å². The van der Waals surface area contributed by atoms with Gasteiger partial charge in [0.15, 0.2) is 0 Å². The van der Waals surface area contributed by atoms with E-state index in [9.17, 15) is 0 Å². The zero-order chi connectivity index (χ0) is 14.4. The van der Waals surface area contributed by atoms with Crippen molar-refractivity contribution in [1.29, 1.82) is 0 Å². The molecule has 1 aromatic heterocycles. The van der Waals surface area contributed by atoms with Crippen molar-refractivity contribution in [3.8, 4) is 11.3 Å². The van der Waals surface area contributed by atoms with E-state index in [-0.39, 0.29) is 0 Å². The summed E-state index contributed by atoms with van der Waals surface area (Å²) in [6, 6.07) is 6.63. The standard InChI is InChI=1S/C16H17BrN4/c17-14-3-1-2-12-13(14)8-10-9-19-16(20-15(10)12)21-6-4-11(18)5-7-21/h1-3,9,11H,4-8,18H2. The third kappa shape index (κ3) is 2.24. The number of nitrogens with two attached hydrogens (primary N) is 1. The van der Waals surface area contributed by atoms with Gasteiger partial charge in [-0.25, -0.2) is 9.97 Å². The number of piperidine rings is 1. The van der Waals surface area contributed by atoms with E-state index in [2.05, 4.69) is 44.0 Å². The highest BCUT2D eigenvalue weighted by molar-refractivity contribution is 9.10. The number of hydrogen-bond acceptors (Lipinski definition) is 4. The SMILES string of the molecule is NC1CCN(c2ncc3c(n2)-c2cccc(Br)c2C3)CC1. The van der Waals surface area contributed by atoms with E-state index in [4.69, 9.17) is 10.7 Å². The molecule has 0 radical (unpaired) electrons. The smallest absolute Gasteiger partial charge is 0.225 e. The van der Waals surface area contributed by atoms with Crippen LogP contribution in [0.25, 0.3) is 11.3 Å². The van der Waals surface area contributed by atoms with Gasteiger partial charge < -0.3 is 10.6 Å². The first-order chi connectivity index (χ1) is 10.2. The maximum atomic E-state index is 5.97. The summed E-state index contributed by atoms with van der Waals surface area (Å²) in [5.41, 5.74) is 10.8. The second-order valence-electron chi connectivity index (χ2n) is 5.81. The Morgan fingerprint density at radius 2 is 2.05 bits per heavy atom. The molecule has 2 N–H and O–H groups in total. The van der Waals surface area contributed by atoms with Crippen LogP contribution >= 0.6 is 15.9 Å². The Bertz CT molecular complexity index is 693. The van der Waals surface area contributed by atoms with Crippen molar-refractivity contribution >= 4 is 21.9 Å². The number of anilines is 1. The summed E-state index contributed by atoms with van der Waals surface area (Å²) in [6.07, 6.45) is 4.93. The first kappa shape index (κ1) is 13.2. The molecule has 0 amide bonds. The van der Waals surface area contributed by atoms with Crippen molar-refractivity contribution in [1.82, 2.24) is 9.97 Å². The van der Waals surface area contributed by atoms with Gasteiger partial charge in [-0.2, -0.15) is 0 Å². The van der Waals surface area contributed by atoms with Gasteiger partial charge in [0.25, 0.3) is 0 Å². The molecule has 21 heavy (non-hydrogen) atoms. The van der Waals surface area contributed by atoms with Crippen molar-refractivity contribution in [2.75, 3.05) is 18.0 Å². The molecule has 1 saturated heterocycles. The van der Waals surface area contributed by atoms with Crippen molar-refractivity contribution in [3.05, 3.63) is 40.0 Å². The zero-order valence-corrected chi connectivity index (χ0v) is 13.3. The average Bonchev–Trinajstić information content (AvgIpc) is 2.87. The third-order valence-corrected chi connectivity index (χ3v) is 5.16. The van der Waals surface area contributed by atoms with Gasteiger partial charge in [0.1, 0.15) is 0 Å². The summed E-state index contributed by atoms with van der Waals surface area (Å²) < 4.78 is 1.16. The second-order valence-corrected chi connectivity index (χ2v) is 6.67. The lowest BCUT2D eigenvalue weighted by Gasteiger charge is -2.30. The molecule has 1 aromatic carbocycles. The highest BCUT2D eigenvalue weighted by atomic mass is 79.9. The molecule has 4 nitrogen and oxygen atoms in total. The molecule has 0 spiro atoms. The number of rotatable bonds is 1. The van der Waals surface area contributed by atoms with E-state index in [0.717, 1.165) is 48.5 Å². The Balaban J connectivity index is 1.71. The van der Waals surface area contributed by atoms with Crippen LogP contribution in [0, 0.1) is 0 Å². The molecule has 1 aliphatic heterocycles. The normalized spacial score (nSPS) is 17.7. The van der Waals surface area contributed by atoms with Gasteiger partial charge in [0, 0.05) is 47.3 Å². The van der Waals surface area contributed by atoms with Crippen LogP contribution < -0.4 is 10.6 Å². The van der Waals surface area contributed by atoms with E-state index in [1.165, 1.54) is 16.7 Å². The van der Waals surface area contributed by atoms with Crippen LogP contribution in [0.4, 0.5) is 5.95 Å². The van der Waals surface area contributed by atoms with Crippen LogP contribution in [-0.2, 0) is 6.42 Å². The largest absolute Gasteiger partial charge is 0.341 e. The Morgan fingerprint density at radius 1 is 1.24 bits per heavy atom. The number of halogens is 1. The van der Waals surface area contributed by atoms with Crippen LogP contribution in [0.15, 0.2) is 28.9 Å². The van der Waals surface area contributed by atoms with Crippen molar-refractivity contribution < 1.29 is 0 Å². The van der Waals surface area contributed by atoms with Crippen molar-refractivity contribution in [2.45, 2.75) is 25.3 Å². The summed E-state index contributed by atoms with van der Waals surface area (Å²) in [6.45, 7) is 1.90. The van der Waals surface area contributed by atoms with Gasteiger partial charge >= 0.3 is 0 Å². The number of aromatic nitrogens is 2. The van der Waals surface area contributed by atoms with Gasteiger partial charge in [0.05, 0.1) is 5.69 Å². The Labute approximate surface area is 132 Å². The molecule has 0 saturated carbocycles. The first-order valence-corrected chi connectivity index (χ1v) is 8.16. The third-order valence-electron chi connectivity index (χ3n) is 4.42. The Morgan fingerprint density at radius 3 is 2.86 bits per heavy atom. The van der Waals surface area contributed by atoms with Crippen LogP contribution in [0.1, 0.15) is 24.0 Å². The number of hydrogen-bond donors (Lipinski definition) is 1. The molecule has 0 bridgehead atoms. The molecule has 0 unspecified atom stereocenters. The molecule has 5 heteroatoms. The summed E-state index contributed by atoms with van der Waals surface area (Å²) in [7, 11) is 0. The minimum Gasteiger partial charge on any atom is -0.341 e. The topological polar surface area (TPSA) is 55.0 Å². The minimum absolute atomic E-state index is 0.326. The van der Waals surface area contributed by atoms with Crippen LogP contribution in [0.3, 0.4) is 0 Å². The summed E-state index contributed by atoms with van der Waals surface area (Å²) in [5.74, 6) is 0.841. The molecule has 1 fully saturated rings. The van der Waals surface area contributed by atoms with Crippen molar-refractivity contribution in [3.63, 3.8) is 0 Å². The number of fused-ring (bicyclic) bond motifs is 3. The molecule has 0 atom stereocenters. The predicted molar refractivity (Wildman–Crippen MR) is 87.4 cm³/mol. The molecule has 2 aliphatic rings. The Hall–Kier alpha value is -1.46. The maximum Gasteiger partial charge on any atom is 0.225 e. The highest BCUT2D eigenvalue weighted by Gasteiger charge is 2.25. The van der Waals surface area contributed by atoms with Crippen LogP contribution in [0.2, 0.25) is 0 Å². The quantitative estimate of drug-likeness (QED) is 0.737. The molecule has 2 heterocycles. The predicted octanol–water partition coefficient (Wildman–Crippen LogP) is 2.74. The highest BCUT2D eigenvalue weighted by Crippen LogP contribution is 2.39. The molecule has 2 aromatic rings. The number of benzene rings is 1. The second kappa shape index (κ2) is 5.07. The van der Waals surface area contributed by atoms with E-state index < -0.39 is 0 Å². The molecule has 108 valence electrons.